The summed E-state index contributed by atoms with van der Waals surface area (Å²) >= 11 is 3.45. The molecule has 22 heavy (non-hydrogen) atoms. The molecule has 0 N–H and O–H groups in total. The van der Waals surface area contributed by atoms with Crippen molar-refractivity contribution in [2.45, 2.75) is 6.42 Å². The highest BCUT2D eigenvalue weighted by Gasteiger charge is 2.20. The highest BCUT2D eigenvalue weighted by atomic mass is 79.9. The zero-order valence-corrected chi connectivity index (χ0v) is 13.9. The van der Waals surface area contributed by atoms with Gasteiger partial charge >= 0.3 is 0 Å². The third-order valence-corrected chi connectivity index (χ3v) is 3.67. The van der Waals surface area contributed by atoms with Crippen LogP contribution in [0, 0.1) is 0 Å². The van der Waals surface area contributed by atoms with Gasteiger partial charge in [-0.05, 0) is 24.3 Å². The molecule has 0 atom stereocenters. The summed E-state index contributed by atoms with van der Waals surface area (Å²) in [4.78, 5) is 17.7. The number of carbonyl (C=O) groups is 1. The predicted octanol–water partition coefficient (Wildman–Crippen LogP) is 2.30. The van der Waals surface area contributed by atoms with Crippen molar-refractivity contribution < 1.29 is 9.53 Å². The Kier molecular flexibility index (Phi) is 3.98. The van der Waals surface area contributed by atoms with Crippen molar-refractivity contribution in [1.29, 1.82) is 0 Å². The molecule has 1 aromatic heterocycles. The van der Waals surface area contributed by atoms with Gasteiger partial charge in [0.15, 0.2) is 5.69 Å². The molecule has 0 fully saturated rings. The lowest BCUT2D eigenvalue weighted by atomic mass is 10.2. The van der Waals surface area contributed by atoms with Crippen LogP contribution in [0.5, 0.6) is 5.75 Å². The molecule has 2 heterocycles. The van der Waals surface area contributed by atoms with E-state index in [-0.39, 0.29) is 5.91 Å². The van der Waals surface area contributed by atoms with Crippen LogP contribution in [0.4, 0.5) is 0 Å². The summed E-state index contributed by atoms with van der Waals surface area (Å²) in [5.41, 5.74) is 2.08. The summed E-state index contributed by atoms with van der Waals surface area (Å²) in [6.07, 6.45) is 2.16. The average molecular weight is 363 g/mol. The first-order valence-corrected chi connectivity index (χ1v) is 7.60. The molecule has 2 aromatic rings. The maximum atomic E-state index is 12.1. The van der Waals surface area contributed by atoms with E-state index in [1.807, 2.05) is 32.3 Å². The van der Waals surface area contributed by atoms with Gasteiger partial charge in [0.25, 0.3) is 5.91 Å². The smallest absolute Gasteiger partial charge is 0.298 e. The molecule has 6 nitrogen and oxygen atoms in total. The average Bonchev–Trinajstić information content (AvgIpc) is 2.83. The van der Waals surface area contributed by atoms with E-state index in [4.69, 9.17) is 4.74 Å². The summed E-state index contributed by atoms with van der Waals surface area (Å²) in [5.74, 6) is 0.396. The lowest BCUT2D eigenvalue weighted by Crippen LogP contribution is -2.10. The number of carbonyl (C=O) groups excluding carboxylic acids is 1. The van der Waals surface area contributed by atoms with E-state index < -0.39 is 0 Å². The second kappa shape index (κ2) is 5.92. The number of amides is 1. The first kappa shape index (κ1) is 14.8. The van der Waals surface area contributed by atoms with Crippen molar-refractivity contribution >= 4 is 28.2 Å². The van der Waals surface area contributed by atoms with Gasteiger partial charge in [0.05, 0.1) is 12.9 Å². The SMILES string of the molecule is CN(C)C=NC(=O)c1cc2n(n1)-c1cc(Br)ccc1OCC2. The van der Waals surface area contributed by atoms with Crippen LogP contribution in [-0.2, 0) is 6.42 Å². The van der Waals surface area contributed by atoms with Crippen LogP contribution in [-0.4, -0.2) is 47.6 Å². The first-order valence-electron chi connectivity index (χ1n) is 6.81. The monoisotopic (exact) mass is 362 g/mol. The minimum atomic E-state index is -0.355. The highest BCUT2D eigenvalue weighted by Crippen LogP contribution is 2.30. The molecule has 0 saturated heterocycles. The van der Waals surface area contributed by atoms with Crippen molar-refractivity contribution in [2.24, 2.45) is 4.99 Å². The van der Waals surface area contributed by atoms with Gasteiger partial charge in [0.2, 0.25) is 0 Å². The molecule has 114 valence electrons. The number of nitrogens with zero attached hydrogens (tertiary/aromatic N) is 4. The number of aromatic nitrogens is 2. The second-order valence-corrected chi connectivity index (χ2v) is 6.07. The topological polar surface area (TPSA) is 59.7 Å². The predicted molar refractivity (Wildman–Crippen MR) is 87.0 cm³/mol. The van der Waals surface area contributed by atoms with Crippen molar-refractivity contribution in [1.82, 2.24) is 14.7 Å². The molecule has 0 unspecified atom stereocenters. The molecule has 0 saturated carbocycles. The Morgan fingerprint density at radius 1 is 1.45 bits per heavy atom. The van der Waals surface area contributed by atoms with Crippen LogP contribution in [0.25, 0.3) is 5.69 Å². The summed E-state index contributed by atoms with van der Waals surface area (Å²) < 4.78 is 8.40. The summed E-state index contributed by atoms with van der Waals surface area (Å²) in [5, 5.41) is 4.41. The van der Waals surface area contributed by atoms with Gasteiger partial charge in [-0.2, -0.15) is 10.1 Å². The Hall–Kier alpha value is -2.15. The first-order chi connectivity index (χ1) is 10.5. The molecule has 7 heteroatoms. The van der Waals surface area contributed by atoms with Crippen molar-refractivity contribution in [3.8, 4) is 11.4 Å². The van der Waals surface area contributed by atoms with Gasteiger partial charge in [-0.25, -0.2) is 4.68 Å². The van der Waals surface area contributed by atoms with Crippen LogP contribution < -0.4 is 4.74 Å². The van der Waals surface area contributed by atoms with E-state index in [1.54, 1.807) is 15.6 Å². The Morgan fingerprint density at radius 3 is 3.05 bits per heavy atom. The normalized spacial score (nSPS) is 13.2. The molecular formula is C15H15BrN4O2. The van der Waals surface area contributed by atoms with Crippen molar-refractivity contribution in [3.05, 3.63) is 40.1 Å². The maximum absolute atomic E-state index is 12.1. The molecule has 0 bridgehead atoms. The number of aliphatic imine (C=N–C) groups is 1. The summed E-state index contributed by atoms with van der Waals surface area (Å²) in [6.45, 7) is 0.551. The van der Waals surface area contributed by atoms with Crippen LogP contribution in [0.15, 0.2) is 33.7 Å². The van der Waals surface area contributed by atoms with E-state index in [0.717, 1.165) is 21.6 Å². The van der Waals surface area contributed by atoms with E-state index in [2.05, 4.69) is 26.0 Å². The fraction of sp³-hybridized carbons (Fsp3) is 0.267. The van der Waals surface area contributed by atoms with Gasteiger partial charge in [0, 0.05) is 30.7 Å². The fourth-order valence-corrected chi connectivity index (χ4v) is 2.54. The largest absolute Gasteiger partial charge is 0.491 e. The molecule has 1 amide bonds. The number of hydrogen-bond donors (Lipinski definition) is 0. The zero-order chi connectivity index (χ0) is 15.7. The molecule has 0 aliphatic carbocycles. The summed E-state index contributed by atoms with van der Waals surface area (Å²) in [7, 11) is 3.62. The summed E-state index contributed by atoms with van der Waals surface area (Å²) in [6, 6.07) is 7.51. The van der Waals surface area contributed by atoms with E-state index >= 15 is 0 Å². The minimum absolute atomic E-state index is 0.334. The van der Waals surface area contributed by atoms with Crippen molar-refractivity contribution in [2.75, 3.05) is 20.7 Å². The number of hydrogen-bond acceptors (Lipinski definition) is 3. The van der Waals surface area contributed by atoms with Crippen molar-refractivity contribution in [3.63, 3.8) is 0 Å². The number of fused-ring (bicyclic) bond motifs is 3. The molecule has 1 aliphatic rings. The van der Waals surface area contributed by atoms with Crippen LogP contribution >= 0.6 is 15.9 Å². The van der Waals surface area contributed by atoms with Gasteiger partial charge in [0.1, 0.15) is 11.4 Å². The molecular weight excluding hydrogens is 348 g/mol. The third-order valence-electron chi connectivity index (χ3n) is 3.17. The molecule has 0 spiro atoms. The lowest BCUT2D eigenvalue weighted by Gasteiger charge is -2.08. The number of ether oxygens (including phenoxy) is 1. The highest BCUT2D eigenvalue weighted by molar-refractivity contribution is 9.10. The zero-order valence-electron chi connectivity index (χ0n) is 12.3. The second-order valence-electron chi connectivity index (χ2n) is 5.16. The van der Waals surface area contributed by atoms with Gasteiger partial charge < -0.3 is 9.64 Å². The Morgan fingerprint density at radius 2 is 2.27 bits per heavy atom. The van der Waals surface area contributed by atoms with Crippen LogP contribution in [0.3, 0.4) is 0 Å². The molecule has 1 aliphatic heterocycles. The van der Waals surface area contributed by atoms with Gasteiger partial charge in [-0.3, -0.25) is 4.79 Å². The minimum Gasteiger partial charge on any atom is -0.491 e. The number of rotatable bonds is 2. The molecule has 3 rings (SSSR count). The Bertz CT molecular complexity index is 752. The number of benzene rings is 1. The fourth-order valence-electron chi connectivity index (χ4n) is 2.19. The van der Waals surface area contributed by atoms with E-state index in [9.17, 15) is 4.79 Å². The van der Waals surface area contributed by atoms with Crippen LogP contribution in [0.1, 0.15) is 16.2 Å². The van der Waals surface area contributed by atoms with Gasteiger partial charge in [-0.1, -0.05) is 15.9 Å². The quantitative estimate of drug-likeness (QED) is 0.607. The van der Waals surface area contributed by atoms with E-state index in [0.29, 0.717) is 18.7 Å². The lowest BCUT2D eigenvalue weighted by molar-refractivity contribution is 0.0997. The van der Waals surface area contributed by atoms with Gasteiger partial charge in [-0.15, -0.1) is 0 Å². The molecule has 0 radical (unpaired) electrons. The maximum Gasteiger partial charge on any atom is 0.298 e. The van der Waals surface area contributed by atoms with E-state index in [1.165, 1.54) is 6.34 Å². The standard InChI is InChI=1S/C15H15BrN4O2/c1-19(2)9-17-15(21)12-8-11-5-6-22-14-4-3-10(16)7-13(14)20(11)18-12/h3-4,7-9H,5-6H2,1-2H3. The Labute approximate surface area is 136 Å². The Balaban J connectivity index is 2.02. The number of halogens is 1. The van der Waals surface area contributed by atoms with Crippen LogP contribution in [0.2, 0.25) is 0 Å². The molecule has 1 aromatic carbocycles. The third kappa shape index (κ3) is 2.89.